The minimum atomic E-state index is 0.336. The van der Waals surface area contributed by atoms with Crippen molar-refractivity contribution in [2.75, 3.05) is 25.0 Å². The SMILES string of the molecule is CCCCCCC(=O)N1c2ccc(C)cc2C2CN(C)CCC21. The van der Waals surface area contributed by atoms with Crippen LogP contribution in [0.3, 0.4) is 0 Å². The Balaban J connectivity index is 1.81. The Hall–Kier alpha value is -1.35. The zero-order chi connectivity index (χ0) is 16.4. The first-order valence-electron chi connectivity index (χ1n) is 9.23. The highest BCUT2D eigenvalue weighted by Gasteiger charge is 2.43. The summed E-state index contributed by atoms with van der Waals surface area (Å²) in [5.74, 6) is 0.825. The highest BCUT2D eigenvalue weighted by molar-refractivity contribution is 5.96. The second-order valence-electron chi connectivity index (χ2n) is 7.36. The van der Waals surface area contributed by atoms with Gasteiger partial charge in [-0.05, 0) is 45.0 Å². The van der Waals surface area contributed by atoms with Gasteiger partial charge in [0, 0.05) is 30.6 Å². The van der Waals surface area contributed by atoms with Crippen LogP contribution in [0, 0.1) is 6.92 Å². The zero-order valence-electron chi connectivity index (χ0n) is 14.8. The second-order valence-corrected chi connectivity index (χ2v) is 7.36. The van der Waals surface area contributed by atoms with Gasteiger partial charge in [0.05, 0.1) is 0 Å². The van der Waals surface area contributed by atoms with E-state index in [-0.39, 0.29) is 0 Å². The highest BCUT2D eigenvalue weighted by atomic mass is 16.2. The van der Waals surface area contributed by atoms with Crippen LogP contribution in [-0.2, 0) is 4.79 Å². The number of likely N-dealkylation sites (tertiary alicyclic amines) is 1. The van der Waals surface area contributed by atoms with E-state index in [1.54, 1.807) is 0 Å². The number of carbonyl (C=O) groups excluding carboxylic acids is 1. The lowest BCUT2D eigenvalue weighted by Crippen LogP contribution is -2.47. The Labute approximate surface area is 140 Å². The number of likely N-dealkylation sites (N-methyl/N-ethyl adjacent to an activating group) is 1. The van der Waals surface area contributed by atoms with Gasteiger partial charge in [-0.1, -0.05) is 43.9 Å². The predicted octanol–water partition coefficient (Wildman–Crippen LogP) is 4.10. The molecule has 0 saturated carbocycles. The molecule has 1 fully saturated rings. The summed E-state index contributed by atoms with van der Waals surface area (Å²) >= 11 is 0. The van der Waals surface area contributed by atoms with E-state index in [1.165, 1.54) is 36.1 Å². The van der Waals surface area contributed by atoms with Crippen molar-refractivity contribution >= 4 is 11.6 Å². The molecule has 126 valence electrons. The number of amides is 1. The van der Waals surface area contributed by atoms with Crippen LogP contribution in [-0.4, -0.2) is 37.0 Å². The van der Waals surface area contributed by atoms with Gasteiger partial charge < -0.3 is 9.80 Å². The fourth-order valence-electron chi connectivity index (χ4n) is 4.23. The van der Waals surface area contributed by atoms with Crippen LogP contribution in [0.4, 0.5) is 5.69 Å². The van der Waals surface area contributed by atoms with Crippen molar-refractivity contribution in [3.05, 3.63) is 29.3 Å². The normalized spacial score (nSPS) is 23.7. The van der Waals surface area contributed by atoms with Gasteiger partial charge in [0.1, 0.15) is 0 Å². The minimum Gasteiger partial charge on any atom is -0.308 e. The van der Waals surface area contributed by atoms with Crippen LogP contribution in [0.15, 0.2) is 18.2 Å². The van der Waals surface area contributed by atoms with Gasteiger partial charge in [0.2, 0.25) is 5.91 Å². The number of benzene rings is 1. The zero-order valence-corrected chi connectivity index (χ0v) is 14.8. The summed E-state index contributed by atoms with van der Waals surface area (Å²) in [7, 11) is 2.20. The van der Waals surface area contributed by atoms with E-state index in [4.69, 9.17) is 0 Å². The van der Waals surface area contributed by atoms with Gasteiger partial charge in [-0.2, -0.15) is 0 Å². The van der Waals surface area contributed by atoms with E-state index >= 15 is 0 Å². The molecule has 1 amide bonds. The van der Waals surface area contributed by atoms with Crippen LogP contribution in [0.1, 0.15) is 62.5 Å². The molecule has 0 radical (unpaired) electrons. The minimum absolute atomic E-state index is 0.336. The summed E-state index contributed by atoms with van der Waals surface area (Å²) in [5, 5.41) is 0. The molecule has 2 unspecified atom stereocenters. The smallest absolute Gasteiger partial charge is 0.227 e. The van der Waals surface area contributed by atoms with Crippen molar-refractivity contribution in [3.8, 4) is 0 Å². The van der Waals surface area contributed by atoms with Gasteiger partial charge in [0.15, 0.2) is 0 Å². The van der Waals surface area contributed by atoms with E-state index in [1.807, 2.05) is 0 Å². The summed E-state index contributed by atoms with van der Waals surface area (Å²) in [6.45, 7) is 6.52. The van der Waals surface area contributed by atoms with Crippen molar-refractivity contribution in [3.63, 3.8) is 0 Å². The molecule has 23 heavy (non-hydrogen) atoms. The molecule has 2 aliphatic heterocycles. The maximum absolute atomic E-state index is 12.9. The summed E-state index contributed by atoms with van der Waals surface area (Å²) in [6, 6.07) is 7.00. The first-order chi connectivity index (χ1) is 11.1. The first-order valence-corrected chi connectivity index (χ1v) is 9.23. The maximum Gasteiger partial charge on any atom is 0.227 e. The number of anilines is 1. The van der Waals surface area contributed by atoms with E-state index < -0.39 is 0 Å². The fourth-order valence-corrected chi connectivity index (χ4v) is 4.23. The molecule has 2 heterocycles. The lowest BCUT2D eigenvalue weighted by atomic mass is 9.89. The van der Waals surface area contributed by atoms with E-state index in [9.17, 15) is 4.79 Å². The highest BCUT2D eigenvalue weighted by Crippen LogP contribution is 2.45. The third-order valence-electron chi connectivity index (χ3n) is 5.47. The number of nitrogens with zero attached hydrogens (tertiary/aromatic N) is 2. The summed E-state index contributed by atoms with van der Waals surface area (Å²) in [5.41, 5.74) is 3.87. The molecule has 3 heteroatoms. The third-order valence-corrected chi connectivity index (χ3v) is 5.47. The molecule has 1 saturated heterocycles. The molecule has 2 aliphatic rings. The Kier molecular flexibility index (Phi) is 5.05. The van der Waals surface area contributed by atoms with E-state index in [2.05, 4.69) is 48.9 Å². The summed E-state index contributed by atoms with van der Waals surface area (Å²) in [6.07, 6.45) is 6.45. The number of hydrogen-bond acceptors (Lipinski definition) is 2. The third kappa shape index (κ3) is 3.30. The predicted molar refractivity (Wildman–Crippen MR) is 96.1 cm³/mol. The molecule has 0 bridgehead atoms. The average Bonchev–Trinajstić information content (AvgIpc) is 2.84. The van der Waals surface area contributed by atoms with Crippen molar-refractivity contribution in [2.24, 2.45) is 0 Å². The quantitative estimate of drug-likeness (QED) is 0.764. The Bertz CT molecular complexity index is 569. The van der Waals surface area contributed by atoms with Crippen molar-refractivity contribution in [1.29, 1.82) is 0 Å². The summed E-state index contributed by atoms with van der Waals surface area (Å²) < 4.78 is 0. The van der Waals surface area contributed by atoms with Gasteiger partial charge >= 0.3 is 0 Å². The molecular formula is C20H30N2O. The Morgan fingerprint density at radius 1 is 1.26 bits per heavy atom. The van der Waals surface area contributed by atoms with Crippen LogP contribution in [0.25, 0.3) is 0 Å². The van der Waals surface area contributed by atoms with Crippen LogP contribution in [0.2, 0.25) is 0 Å². The van der Waals surface area contributed by atoms with E-state index in [0.717, 1.165) is 25.9 Å². The van der Waals surface area contributed by atoms with Gasteiger partial charge in [-0.25, -0.2) is 0 Å². The number of rotatable bonds is 5. The number of unbranched alkanes of at least 4 members (excludes halogenated alkanes) is 3. The number of hydrogen-bond donors (Lipinski definition) is 0. The average molecular weight is 314 g/mol. The molecule has 0 aliphatic carbocycles. The standard InChI is InChI=1S/C20H30N2O/c1-4-5-6-7-8-20(23)22-18-10-9-15(2)13-16(18)17-14-21(3)12-11-19(17)22/h9-10,13,17,19H,4-8,11-12,14H2,1-3H3. The lowest BCUT2D eigenvalue weighted by Gasteiger charge is -2.36. The van der Waals surface area contributed by atoms with Crippen LogP contribution in [0.5, 0.6) is 0 Å². The Morgan fingerprint density at radius 2 is 2.09 bits per heavy atom. The number of fused-ring (bicyclic) bond motifs is 3. The molecule has 2 atom stereocenters. The number of piperidine rings is 1. The molecular weight excluding hydrogens is 284 g/mol. The van der Waals surface area contributed by atoms with Crippen LogP contribution >= 0.6 is 0 Å². The number of aryl methyl sites for hydroxylation is 1. The molecule has 0 N–H and O–H groups in total. The second kappa shape index (κ2) is 7.04. The molecule has 3 rings (SSSR count). The van der Waals surface area contributed by atoms with Gasteiger partial charge in [-0.15, -0.1) is 0 Å². The number of carbonyl (C=O) groups is 1. The maximum atomic E-state index is 12.9. The van der Waals surface area contributed by atoms with Crippen LogP contribution < -0.4 is 4.90 Å². The van der Waals surface area contributed by atoms with E-state index in [0.29, 0.717) is 24.3 Å². The molecule has 3 nitrogen and oxygen atoms in total. The fraction of sp³-hybridized carbons (Fsp3) is 0.650. The monoisotopic (exact) mass is 314 g/mol. The van der Waals surface area contributed by atoms with Gasteiger partial charge in [-0.3, -0.25) is 4.79 Å². The molecule has 0 spiro atoms. The summed E-state index contributed by atoms with van der Waals surface area (Å²) in [4.78, 5) is 17.5. The molecule has 0 aromatic heterocycles. The Morgan fingerprint density at radius 3 is 2.87 bits per heavy atom. The van der Waals surface area contributed by atoms with Gasteiger partial charge in [0.25, 0.3) is 0 Å². The van der Waals surface area contributed by atoms with Crippen molar-refractivity contribution < 1.29 is 4.79 Å². The molecule has 1 aromatic rings. The largest absolute Gasteiger partial charge is 0.308 e. The van der Waals surface area contributed by atoms with Crippen molar-refractivity contribution in [1.82, 2.24) is 4.90 Å². The van der Waals surface area contributed by atoms with Crippen molar-refractivity contribution in [2.45, 2.75) is 64.3 Å². The topological polar surface area (TPSA) is 23.6 Å². The molecule has 1 aromatic carbocycles. The first kappa shape index (κ1) is 16.5. The lowest BCUT2D eigenvalue weighted by molar-refractivity contribution is -0.119.